The van der Waals surface area contributed by atoms with Crippen molar-refractivity contribution in [3.05, 3.63) is 29.6 Å². The van der Waals surface area contributed by atoms with Crippen molar-refractivity contribution in [1.82, 2.24) is 5.32 Å². The summed E-state index contributed by atoms with van der Waals surface area (Å²) in [6, 6.07) is 4.22. The van der Waals surface area contributed by atoms with E-state index in [-0.39, 0.29) is 24.2 Å². The number of nitrogens with one attached hydrogen (secondary N) is 1. The Morgan fingerprint density at radius 3 is 2.96 bits per heavy atom. The number of hydrogen-bond donors (Lipinski definition) is 1. The van der Waals surface area contributed by atoms with Crippen LogP contribution in [0.4, 0.5) is 4.39 Å². The van der Waals surface area contributed by atoms with Crippen LogP contribution in [0.1, 0.15) is 32.3 Å². The van der Waals surface area contributed by atoms with Crippen LogP contribution < -0.4 is 10.1 Å². The van der Waals surface area contributed by atoms with E-state index in [1.807, 2.05) is 0 Å². The van der Waals surface area contributed by atoms with Crippen LogP contribution >= 0.6 is 0 Å². The van der Waals surface area contributed by atoms with Gasteiger partial charge >= 0.3 is 0 Å². The monoisotopic (exact) mass is 323 g/mol. The summed E-state index contributed by atoms with van der Waals surface area (Å²) in [5.74, 6) is 0.807. The fourth-order valence-electron chi connectivity index (χ4n) is 3.19. The number of carbonyl (C=O) groups is 1. The van der Waals surface area contributed by atoms with Crippen LogP contribution in [-0.2, 0) is 16.0 Å². The van der Waals surface area contributed by atoms with Crippen molar-refractivity contribution < 1.29 is 18.7 Å². The lowest BCUT2D eigenvalue weighted by Crippen LogP contribution is -2.41. The molecule has 0 saturated carbocycles. The smallest absolute Gasteiger partial charge is 0.224 e. The molecule has 1 aliphatic heterocycles. The molecular weight excluding hydrogens is 297 g/mol. The summed E-state index contributed by atoms with van der Waals surface area (Å²) >= 11 is 0. The highest BCUT2D eigenvalue weighted by molar-refractivity contribution is 5.79. The van der Waals surface area contributed by atoms with Gasteiger partial charge in [-0.2, -0.15) is 0 Å². The fraction of sp³-hybridized carbons (Fsp3) is 0.611. The summed E-state index contributed by atoms with van der Waals surface area (Å²) in [5, 5.41) is 2.96. The van der Waals surface area contributed by atoms with E-state index in [9.17, 15) is 9.18 Å². The maximum absolute atomic E-state index is 13.3. The SMILES string of the molecule is COc1ccc(F)cc1CC(=O)NC[C@H]1CCCO[C@@H]1C(C)C. The van der Waals surface area contributed by atoms with E-state index in [4.69, 9.17) is 9.47 Å². The third-order valence-electron chi connectivity index (χ3n) is 4.31. The Balaban J connectivity index is 1.91. The molecule has 1 heterocycles. The van der Waals surface area contributed by atoms with E-state index < -0.39 is 0 Å². The minimum atomic E-state index is -0.367. The highest BCUT2D eigenvalue weighted by Crippen LogP contribution is 2.26. The van der Waals surface area contributed by atoms with Crippen molar-refractivity contribution in [2.75, 3.05) is 20.3 Å². The highest BCUT2D eigenvalue weighted by atomic mass is 19.1. The molecule has 0 aromatic heterocycles. The molecule has 1 aliphatic rings. The van der Waals surface area contributed by atoms with Gasteiger partial charge in [-0.05, 0) is 37.0 Å². The summed E-state index contributed by atoms with van der Waals surface area (Å²) in [6.45, 7) is 5.68. The number of ether oxygens (including phenoxy) is 2. The van der Waals surface area contributed by atoms with Crippen LogP contribution in [0.5, 0.6) is 5.75 Å². The number of rotatable bonds is 6. The largest absolute Gasteiger partial charge is 0.496 e. The molecule has 0 radical (unpaired) electrons. The third kappa shape index (κ3) is 4.93. The molecule has 128 valence electrons. The standard InChI is InChI=1S/C18H26FNO3/c1-12(2)18-13(5-4-8-23-18)11-20-17(21)10-14-9-15(19)6-7-16(14)22-3/h6-7,9,12-13,18H,4-5,8,10-11H2,1-3H3,(H,20,21)/t13-,18-/m1/s1. The number of benzene rings is 1. The van der Waals surface area contributed by atoms with Crippen molar-refractivity contribution in [3.63, 3.8) is 0 Å². The Kier molecular flexibility index (Phi) is 6.39. The highest BCUT2D eigenvalue weighted by Gasteiger charge is 2.28. The zero-order valence-electron chi connectivity index (χ0n) is 14.1. The van der Waals surface area contributed by atoms with Gasteiger partial charge in [0.25, 0.3) is 0 Å². The van der Waals surface area contributed by atoms with Gasteiger partial charge in [0.1, 0.15) is 11.6 Å². The molecule has 1 aromatic rings. The molecule has 1 saturated heterocycles. The second-order valence-corrected chi connectivity index (χ2v) is 6.42. The van der Waals surface area contributed by atoms with E-state index in [0.29, 0.717) is 29.7 Å². The quantitative estimate of drug-likeness (QED) is 0.875. The average molecular weight is 323 g/mol. The topological polar surface area (TPSA) is 47.6 Å². The van der Waals surface area contributed by atoms with Gasteiger partial charge in [-0.25, -0.2) is 4.39 Å². The lowest BCUT2D eigenvalue weighted by molar-refractivity contribution is -0.121. The van der Waals surface area contributed by atoms with Crippen molar-refractivity contribution >= 4 is 5.91 Å². The zero-order chi connectivity index (χ0) is 16.8. The number of halogens is 1. The van der Waals surface area contributed by atoms with E-state index in [1.54, 1.807) is 6.07 Å². The maximum atomic E-state index is 13.3. The van der Waals surface area contributed by atoms with E-state index in [0.717, 1.165) is 19.4 Å². The summed E-state index contributed by atoms with van der Waals surface area (Å²) in [5.41, 5.74) is 0.560. The van der Waals surface area contributed by atoms with Crippen LogP contribution in [0.25, 0.3) is 0 Å². The molecule has 1 N–H and O–H groups in total. The van der Waals surface area contributed by atoms with Gasteiger partial charge in [-0.3, -0.25) is 4.79 Å². The second-order valence-electron chi connectivity index (χ2n) is 6.42. The summed E-state index contributed by atoms with van der Waals surface area (Å²) < 4.78 is 24.4. The molecule has 1 aromatic carbocycles. The molecular formula is C18H26FNO3. The molecule has 4 nitrogen and oxygen atoms in total. The van der Waals surface area contributed by atoms with E-state index in [2.05, 4.69) is 19.2 Å². The fourth-order valence-corrected chi connectivity index (χ4v) is 3.19. The number of methoxy groups -OCH3 is 1. The number of amides is 1. The lowest BCUT2D eigenvalue weighted by atomic mass is 9.87. The third-order valence-corrected chi connectivity index (χ3v) is 4.31. The van der Waals surface area contributed by atoms with Gasteiger partial charge in [-0.15, -0.1) is 0 Å². The summed E-state index contributed by atoms with van der Waals surface area (Å²) in [4.78, 5) is 12.2. The van der Waals surface area contributed by atoms with Gasteiger partial charge in [0.05, 0.1) is 19.6 Å². The Labute approximate surface area is 137 Å². The molecule has 1 fully saturated rings. The molecule has 0 aliphatic carbocycles. The minimum Gasteiger partial charge on any atom is -0.496 e. The second kappa shape index (κ2) is 8.29. The Morgan fingerprint density at radius 2 is 2.26 bits per heavy atom. The van der Waals surface area contributed by atoms with Crippen molar-refractivity contribution in [2.45, 2.75) is 39.2 Å². The van der Waals surface area contributed by atoms with E-state index >= 15 is 0 Å². The molecule has 2 rings (SSSR count). The summed E-state index contributed by atoms with van der Waals surface area (Å²) in [7, 11) is 1.52. The van der Waals surface area contributed by atoms with Crippen molar-refractivity contribution in [3.8, 4) is 5.75 Å². The zero-order valence-corrected chi connectivity index (χ0v) is 14.1. The Hall–Kier alpha value is -1.62. The van der Waals surface area contributed by atoms with Crippen LogP contribution in [-0.4, -0.2) is 32.3 Å². The molecule has 5 heteroatoms. The van der Waals surface area contributed by atoms with Gasteiger partial charge < -0.3 is 14.8 Å². The number of hydrogen-bond acceptors (Lipinski definition) is 3. The first-order valence-corrected chi connectivity index (χ1v) is 8.22. The Bertz CT molecular complexity index is 533. The first kappa shape index (κ1) is 17.7. The van der Waals surface area contributed by atoms with Gasteiger partial charge in [0.15, 0.2) is 0 Å². The number of carbonyl (C=O) groups excluding carboxylic acids is 1. The maximum Gasteiger partial charge on any atom is 0.224 e. The normalized spacial score (nSPS) is 21.3. The van der Waals surface area contributed by atoms with Crippen molar-refractivity contribution in [1.29, 1.82) is 0 Å². The van der Waals surface area contributed by atoms with Crippen LogP contribution in [0.15, 0.2) is 18.2 Å². The average Bonchev–Trinajstić information content (AvgIpc) is 2.53. The van der Waals surface area contributed by atoms with Gasteiger partial charge in [0, 0.05) is 24.6 Å². The molecule has 0 bridgehead atoms. The first-order chi connectivity index (χ1) is 11.0. The van der Waals surface area contributed by atoms with Crippen molar-refractivity contribution in [2.24, 2.45) is 11.8 Å². The van der Waals surface area contributed by atoms with Gasteiger partial charge in [-0.1, -0.05) is 13.8 Å². The molecule has 2 atom stereocenters. The predicted octanol–water partition coefficient (Wildman–Crippen LogP) is 2.94. The van der Waals surface area contributed by atoms with Crippen LogP contribution in [0.3, 0.4) is 0 Å². The summed E-state index contributed by atoms with van der Waals surface area (Å²) in [6.07, 6.45) is 2.39. The molecule has 0 spiro atoms. The first-order valence-electron chi connectivity index (χ1n) is 8.22. The predicted molar refractivity (Wildman–Crippen MR) is 87.0 cm³/mol. The lowest BCUT2D eigenvalue weighted by Gasteiger charge is -2.34. The van der Waals surface area contributed by atoms with Gasteiger partial charge in [0.2, 0.25) is 5.91 Å². The molecule has 1 amide bonds. The van der Waals surface area contributed by atoms with E-state index in [1.165, 1.54) is 19.2 Å². The van der Waals surface area contributed by atoms with Crippen LogP contribution in [0.2, 0.25) is 0 Å². The molecule has 23 heavy (non-hydrogen) atoms. The molecule has 0 unspecified atom stereocenters. The minimum absolute atomic E-state index is 0.112. The Morgan fingerprint density at radius 1 is 1.48 bits per heavy atom. The van der Waals surface area contributed by atoms with Crippen LogP contribution in [0, 0.1) is 17.7 Å².